The summed E-state index contributed by atoms with van der Waals surface area (Å²) < 4.78 is 5.22. The molecule has 3 heteroatoms. The first-order chi connectivity index (χ1) is 7.77. The Labute approximate surface area is 94.4 Å². The van der Waals surface area contributed by atoms with Crippen LogP contribution in [0.25, 0.3) is 0 Å². The van der Waals surface area contributed by atoms with E-state index in [1.54, 1.807) is 18.2 Å². The predicted molar refractivity (Wildman–Crippen MR) is 60.1 cm³/mol. The lowest BCUT2D eigenvalue weighted by molar-refractivity contribution is 0.0605. The van der Waals surface area contributed by atoms with E-state index in [0.717, 1.165) is 31.4 Å². The van der Waals surface area contributed by atoms with Crippen LogP contribution in [0, 0.1) is 0 Å². The molecule has 1 aliphatic carbocycles. The summed E-state index contributed by atoms with van der Waals surface area (Å²) in [6.07, 6.45) is 5.92. The van der Waals surface area contributed by atoms with Crippen LogP contribution in [0.5, 0.6) is 5.75 Å². The molecule has 0 aliphatic heterocycles. The SMILES string of the molecule is O=C(OC1=CCCCC1)c1ccccc1O. The molecule has 3 nitrogen and oxygen atoms in total. The summed E-state index contributed by atoms with van der Waals surface area (Å²) in [7, 11) is 0. The van der Waals surface area contributed by atoms with E-state index in [9.17, 15) is 9.90 Å². The van der Waals surface area contributed by atoms with Gasteiger partial charge in [-0.25, -0.2) is 4.79 Å². The van der Waals surface area contributed by atoms with E-state index in [-0.39, 0.29) is 11.3 Å². The van der Waals surface area contributed by atoms with Crippen LogP contribution < -0.4 is 0 Å². The van der Waals surface area contributed by atoms with E-state index >= 15 is 0 Å². The first-order valence-corrected chi connectivity index (χ1v) is 5.46. The molecule has 1 aromatic carbocycles. The molecule has 0 amide bonds. The molecule has 0 heterocycles. The smallest absolute Gasteiger partial charge is 0.346 e. The molecule has 1 aromatic rings. The molecule has 0 bridgehead atoms. The number of carbonyl (C=O) groups is 1. The summed E-state index contributed by atoms with van der Waals surface area (Å²) in [6.45, 7) is 0. The summed E-state index contributed by atoms with van der Waals surface area (Å²) in [5.74, 6) is 0.203. The molecule has 84 valence electrons. The van der Waals surface area contributed by atoms with Gasteiger partial charge in [-0.1, -0.05) is 12.1 Å². The highest BCUT2D eigenvalue weighted by molar-refractivity contribution is 5.92. The average molecular weight is 218 g/mol. The molecule has 0 atom stereocenters. The fourth-order valence-electron chi connectivity index (χ4n) is 1.72. The van der Waals surface area contributed by atoms with Crippen molar-refractivity contribution < 1.29 is 14.6 Å². The van der Waals surface area contributed by atoms with Crippen molar-refractivity contribution in [1.29, 1.82) is 0 Å². The number of esters is 1. The van der Waals surface area contributed by atoms with Crippen LogP contribution in [0.15, 0.2) is 36.1 Å². The normalized spacial score (nSPS) is 15.4. The molecule has 2 rings (SSSR count). The maximum atomic E-state index is 11.7. The van der Waals surface area contributed by atoms with E-state index < -0.39 is 5.97 Å². The number of rotatable bonds is 2. The first kappa shape index (κ1) is 10.7. The van der Waals surface area contributed by atoms with E-state index in [0.29, 0.717) is 0 Å². The number of phenols is 1. The van der Waals surface area contributed by atoms with Crippen molar-refractivity contribution in [2.24, 2.45) is 0 Å². The fourth-order valence-corrected chi connectivity index (χ4v) is 1.72. The monoisotopic (exact) mass is 218 g/mol. The topological polar surface area (TPSA) is 46.5 Å². The van der Waals surface area contributed by atoms with Gasteiger partial charge in [0, 0.05) is 6.42 Å². The van der Waals surface area contributed by atoms with Gasteiger partial charge in [0.25, 0.3) is 0 Å². The zero-order valence-electron chi connectivity index (χ0n) is 8.98. The summed E-state index contributed by atoms with van der Waals surface area (Å²) in [5.41, 5.74) is 0.217. The number of aromatic hydroxyl groups is 1. The summed E-state index contributed by atoms with van der Waals surface area (Å²) in [6, 6.07) is 6.41. The molecule has 0 aromatic heterocycles. The van der Waals surface area contributed by atoms with Crippen molar-refractivity contribution in [1.82, 2.24) is 0 Å². The molecular formula is C13H14O3. The number of allylic oxidation sites excluding steroid dienone is 2. The number of ether oxygens (including phenoxy) is 1. The second-order valence-corrected chi connectivity index (χ2v) is 3.82. The summed E-state index contributed by atoms with van der Waals surface area (Å²) in [4.78, 5) is 11.7. The van der Waals surface area contributed by atoms with Crippen molar-refractivity contribution in [3.63, 3.8) is 0 Å². The molecule has 0 spiro atoms. The zero-order chi connectivity index (χ0) is 11.4. The van der Waals surface area contributed by atoms with E-state index in [4.69, 9.17) is 4.74 Å². The Bertz CT molecular complexity index is 421. The Kier molecular flexibility index (Phi) is 3.25. The Hall–Kier alpha value is -1.77. The Morgan fingerprint density at radius 2 is 2.06 bits per heavy atom. The molecule has 0 fully saturated rings. The Morgan fingerprint density at radius 3 is 2.75 bits per heavy atom. The minimum Gasteiger partial charge on any atom is -0.507 e. The van der Waals surface area contributed by atoms with Gasteiger partial charge in [-0.3, -0.25) is 0 Å². The van der Waals surface area contributed by atoms with Gasteiger partial charge >= 0.3 is 5.97 Å². The molecule has 0 saturated carbocycles. The molecule has 1 N–H and O–H groups in total. The lowest BCUT2D eigenvalue weighted by Crippen LogP contribution is -2.07. The van der Waals surface area contributed by atoms with Gasteiger partial charge in [0.05, 0.1) is 0 Å². The second-order valence-electron chi connectivity index (χ2n) is 3.82. The highest BCUT2D eigenvalue weighted by Crippen LogP contribution is 2.22. The van der Waals surface area contributed by atoms with Crippen molar-refractivity contribution in [3.05, 3.63) is 41.7 Å². The third kappa shape index (κ3) is 2.42. The summed E-state index contributed by atoms with van der Waals surface area (Å²) >= 11 is 0. The van der Waals surface area contributed by atoms with Crippen molar-refractivity contribution in [3.8, 4) is 5.75 Å². The second kappa shape index (κ2) is 4.84. The number of hydrogen-bond donors (Lipinski definition) is 1. The van der Waals surface area contributed by atoms with Gasteiger partial charge in [-0.2, -0.15) is 0 Å². The van der Waals surface area contributed by atoms with Crippen LogP contribution in [0.3, 0.4) is 0 Å². The predicted octanol–water partition coefficient (Wildman–Crippen LogP) is 3.01. The van der Waals surface area contributed by atoms with Crippen LogP contribution >= 0.6 is 0 Å². The number of benzene rings is 1. The maximum absolute atomic E-state index is 11.7. The molecule has 1 aliphatic rings. The third-order valence-corrected chi connectivity index (χ3v) is 2.60. The zero-order valence-corrected chi connectivity index (χ0v) is 8.98. The van der Waals surface area contributed by atoms with Gasteiger partial charge in [0.2, 0.25) is 0 Å². The molecule has 0 saturated heterocycles. The molecule has 0 unspecified atom stereocenters. The van der Waals surface area contributed by atoms with Gasteiger partial charge in [-0.15, -0.1) is 0 Å². The standard InChI is InChI=1S/C13H14O3/c14-12-9-5-4-8-11(12)13(15)16-10-6-2-1-3-7-10/h4-6,8-9,14H,1-3,7H2. The number of phenolic OH excluding ortho intramolecular Hbond substituents is 1. The largest absolute Gasteiger partial charge is 0.507 e. The average Bonchev–Trinajstić information content (AvgIpc) is 2.31. The third-order valence-electron chi connectivity index (χ3n) is 2.60. The lowest BCUT2D eigenvalue weighted by Gasteiger charge is -2.12. The van der Waals surface area contributed by atoms with Crippen molar-refractivity contribution in [2.45, 2.75) is 25.7 Å². The maximum Gasteiger partial charge on any atom is 0.346 e. The molecule has 16 heavy (non-hydrogen) atoms. The number of carbonyl (C=O) groups excluding carboxylic acids is 1. The van der Waals surface area contributed by atoms with E-state index in [1.807, 2.05) is 6.08 Å². The first-order valence-electron chi connectivity index (χ1n) is 5.46. The summed E-state index contributed by atoms with van der Waals surface area (Å²) in [5, 5.41) is 9.49. The number of para-hydroxylation sites is 1. The van der Waals surface area contributed by atoms with Gasteiger partial charge in [0.1, 0.15) is 17.1 Å². The van der Waals surface area contributed by atoms with E-state index in [1.165, 1.54) is 6.07 Å². The van der Waals surface area contributed by atoms with Crippen LogP contribution in [-0.4, -0.2) is 11.1 Å². The van der Waals surface area contributed by atoms with Crippen molar-refractivity contribution >= 4 is 5.97 Å². The minimum absolute atomic E-state index is 0.0380. The minimum atomic E-state index is -0.480. The van der Waals surface area contributed by atoms with Gasteiger partial charge < -0.3 is 9.84 Å². The van der Waals surface area contributed by atoms with Crippen LogP contribution in [0.1, 0.15) is 36.0 Å². The van der Waals surface area contributed by atoms with Crippen LogP contribution in [0.4, 0.5) is 0 Å². The van der Waals surface area contributed by atoms with Crippen LogP contribution in [0.2, 0.25) is 0 Å². The molecule has 0 radical (unpaired) electrons. The van der Waals surface area contributed by atoms with E-state index in [2.05, 4.69) is 0 Å². The Morgan fingerprint density at radius 1 is 1.25 bits per heavy atom. The number of hydrogen-bond acceptors (Lipinski definition) is 3. The fraction of sp³-hybridized carbons (Fsp3) is 0.308. The molecular weight excluding hydrogens is 204 g/mol. The van der Waals surface area contributed by atoms with Gasteiger partial charge in [-0.05, 0) is 37.5 Å². The van der Waals surface area contributed by atoms with Gasteiger partial charge in [0.15, 0.2) is 0 Å². The quantitative estimate of drug-likeness (QED) is 0.776. The highest BCUT2D eigenvalue weighted by Gasteiger charge is 2.15. The van der Waals surface area contributed by atoms with Crippen molar-refractivity contribution in [2.75, 3.05) is 0 Å². The van der Waals surface area contributed by atoms with Crippen LogP contribution in [-0.2, 0) is 4.74 Å². The lowest BCUT2D eigenvalue weighted by atomic mass is 10.1. The Balaban J connectivity index is 2.08. The highest BCUT2D eigenvalue weighted by atomic mass is 16.5.